The summed E-state index contributed by atoms with van der Waals surface area (Å²) in [6.07, 6.45) is 0.485. The number of rotatable bonds is 0. The Morgan fingerprint density at radius 2 is 2.23 bits per heavy atom. The Morgan fingerprint density at radius 1 is 1.46 bits per heavy atom. The summed E-state index contributed by atoms with van der Waals surface area (Å²) >= 11 is 0. The van der Waals surface area contributed by atoms with Crippen molar-refractivity contribution in [2.24, 2.45) is 0 Å². The third-order valence-corrected chi connectivity index (χ3v) is 1.45. The van der Waals surface area contributed by atoms with E-state index in [0.29, 0.717) is 23.1 Å². The Hall–Kier alpha value is -2.26. The number of aldehydes is 1. The molecule has 1 aromatic rings. The second-order valence-corrected chi connectivity index (χ2v) is 2.30. The van der Waals surface area contributed by atoms with E-state index >= 15 is 0 Å². The quantitative estimate of drug-likeness (QED) is 0.354. The summed E-state index contributed by atoms with van der Waals surface area (Å²) in [5.41, 5.74) is 7.01. The molecule has 0 atom stereocenters. The molecule has 1 aromatic carbocycles. The Bertz CT molecular complexity index is 432. The molecule has 0 saturated heterocycles. The topological polar surface area (TPSA) is 66.9 Å². The van der Waals surface area contributed by atoms with Crippen molar-refractivity contribution in [2.75, 3.05) is 5.73 Å². The molecule has 0 bridgehead atoms. The number of nitrogens with zero attached hydrogens (tertiary/aromatic N) is 1. The van der Waals surface area contributed by atoms with Gasteiger partial charge < -0.3 is 5.73 Å². The van der Waals surface area contributed by atoms with Crippen LogP contribution < -0.4 is 5.73 Å². The SMILES string of the molecule is N#Cc1ccc(N)c(C#CC=O)c1. The summed E-state index contributed by atoms with van der Waals surface area (Å²) in [5, 5.41) is 8.57. The van der Waals surface area contributed by atoms with Gasteiger partial charge in [0.05, 0.1) is 11.6 Å². The van der Waals surface area contributed by atoms with Gasteiger partial charge >= 0.3 is 0 Å². The number of nitrogen functional groups attached to an aromatic ring is 1. The zero-order valence-electron chi connectivity index (χ0n) is 6.74. The highest BCUT2D eigenvalue weighted by atomic mass is 16.1. The number of carbonyl (C=O) groups is 1. The van der Waals surface area contributed by atoms with E-state index in [0.717, 1.165) is 0 Å². The molecule has 13 heavy (non-hydrogen) atoms. The molecule has 62 valence electrons. The van der Waals surface area contributed by atoms with Gasteiger partial charge in [0.15, 0.2) is 6.29 Å². The summed E-state index contributed by atoms with van der Waals surface area (Å²) in [5.74, 6) is 4.78. The van der Waals surface area contributed by atoms with Gasteiger partial charge in [0.2, 0.25) is 0 Å². The first-order valence-corrected chi connectivity index (χ1v) is 3.52. The highest BCUT2D eigenvalue weighted by Gasteiger charge is 1.96. The molecule has 0 saturated carbocycles. The van der Waals surface area contributed by atoms with Crippen molar-refractivity contribution in [3.63, 3.8) is 0 Å². The summed E-state index contributed by atoms with van der Waals surface area (Å²) in [6.45, 7) is 0. The van der Waals surface area contributed by atoms with Crippen LogP contribution in [0, 0.1) is 23.2 Å². The molecule has 0 amide bonds. The Balaban J connectivity index is 3.20. The smallest absolute Gasteiger partial charge is 0.193 e. The minimum absolute atomic E-state index is 0.466. The van der Waals surface area contributed by atoms with E-state index in [2.05, 4.69) is 11.8 Å². The van der Waals surface area contributed by atoms with Crippen LogP contribution in [0.2, 0.25) is 0 Å². The molecule has 0 aromatic heterocycles. The first-order chi connectivity index (χ1) is 6.27. The standard InChI is InChI=1S/C10H6N2O/c11-7-8-3-4-10(12)9(6-8)2-1-5-13/h3-6H,12H2. The van der Waals surface area contributed by atoms with E-state index in [9.17, 15) is 4.79 Å². The molecule has 2 N–H and O–H groups in total. The van der Waals surface area contributed by atoms with Crippen LogP contribution in [-0.4, -0.2) is 6.29 Å². The van der Waals surface area contributed by atoms with Gasteiger partial charge in [0.1, 0.15) is 0 Å². The fourth-order valence-electron chi connectivity index (χ4n) is 0.841. The minimum Gasteiger partial charge on any atom is -0.398 e. The van der Waals surface area contributed by atoms with Gasteiger partial charge in [0.25, 0.3) is 0 Å². The van der Waals surface area contributed by atoms with Gasteiger partial charge in [-0.25, -0.2) is 0 Å². The molecular formula is C10H6N2O. The molecule has 3 nitrogen and oxygen atoms in total. The van der Waals surface area contributed by atoms with Crippen LogP contribution in [0.5, 0.6) is 0 Å². The van der Waals surface area contributed by atoms with E-state index in [1.807, 2.05) is 6.07 Å². The fourth-order valence-corrected chi connectivity index (χ4v) is 0.841. The summed E-state index contributed by atoms with van der Waals surface area (Å²) in [4.78, 5) is 9.96. The van der Waals surface area contributed by atoms with Gasteiger partial charge in [-0.05, 0) is 24.1 Å². The maximum absolute atomic E-state index is 9.96. The molecule has 0 aliphatic heterocycles. The van der Waals surface area contributed by atoms with Crippen molar-refractivity contribution in [1.29, 1.82) is 5.26 Å². The second-order valence-electron chi connectivity index (χ2n) is 2.30. The lowest BCUT2D eigenvalue weighted by molar-refractivity contribution is -0.103. The van der Waals surface area contributed by atoms with Gasteiger partial charge in [-0.2, -0.15) is 5.26 Å². The number of hydrogen-bond acceptors (Lipinski definition) is 3. The van der Waals surface area contributed by atoms with E-state index in [4.69, 9.17) is 11.0 Å². The van der Waals surface area contributed by atoms with Crippen LogP contribution in [0.25, 0.3) is 0 Å². The van der Waals surface area contributed by atoms with Gasteiger partial charge in [-0.15, -0.1) is 0 Å². The highest BCUT2D eigenvalue weighted by molar-refractivity contribution is 5.75. The molecule has 0 spiro atoms. The maximum atomic E-state index is 9.96. The Kier molecular flexibility index (Phi) is 2.68. The number of benzene rings is 1. The molecular weight excluding hydrogens is 164 g/mol. The summed E-state index contributed by atoms with van der Waals surface area (Å²) < 4.78 is 0. The Morgan fingerprint density at radius 3 is 2.85 bits per heavy atom. The molecule has 0 radical (unpaired) electrons. The van der Waals surface area contributed by atoms with Crippen molar-refractivity contribution in [3.05, 3.63) is 29.3 Å². The number of nitrogens with two attached hydrogens (primary N) is 1. The zero-order valence-corrected chi connectivity index (χ0v) is 6.74. The number of hydrogen-bond donors (Lipinski definition) is 1. The van der Waals surface area contributed by atoms with Crippen molar-refractivity contribution in [1.82, 2.24) is 0 Å². The predicted octanol–water partition coefficient (Wildman–Crippen LogP) is 0.691. The third-order valence-electron chi connectivity index (χ3n) is 1.45. The van der Waals surface area contributed by atoms with Crippen LogP contribution in [0.15, 0.2) is 18.2 Å². The Labute approximate surface area is 75.8 Å². The van der Waals surface area contributed by atoms with Gasteiger partial charge in [0, 0.05) is 11.3 Å². The summed E-state index contributed by atoms with van der Waals surface area (Å²) in [6, 6.07) is 6.70. The van der Waals surface area contributed by atoms with Crippen LogP contribution in [0.1, 0.15) is 11.1 Å². The minimum atomic E-state index is 0.466. The van der Waals surface area contributed by atoms with Crippen molar-refractivity contribution >= 4 is 12.0 Å². The van der Waals surface area contributed by atoms with Crippen LogP contribution in [0.4, 0.5) is 5.69 Å². The fraction of sp³-hybridized carbons (Fsp3) is 0. The third kappa shape index (κ3) is 2.08. The lowest BCUT2D eigenvalue weighted by atomic mass is 10.1. The largest absolute Gasteiger partial charge is 0.398 e. The number of nitriles is 1. The van der Waals surface area contributed by atoms with Crippen molar-refractivity contribution in [2.45, 2.75) is 0 Å². The van der Waals surface area contributed by atoms with Crippen molar-refractivity contribution < 1.29 is 4.79 Å². The van der Waals surface area contributed by atoms with E-state index in [1.54, 1.807) is 18.2 Å². The van der Waals surface area contributed by atoms with Crippen molar-refractivity contribution in [3.8, 4) is 17.9 Å². The summed E-state index contributed by atoms with van der Waals surface area (Å²) in [7, 11) is 0. The zero-order chi connectivity index (χ0) is 9.68. The molecule has 0 unspecified atom stereocenters. The van der Waals surface area contributed by atoms with Crippen LogP contribution in [-0.2, 0) is 4.79 Å². The lowest BCUT2D eigenvalue weighted by Crippen LogP contribution is -1.90. The monoisotopic (exact) mass is 170 g/mol. The van der Waals surface area contributed by atoms with E-state index in [1.165, 1.54) is 0 Å². The molecule has 1 rings (SSSR count). The van der Waals surface area contributed by atoms with Crippen LogP contribution >= 0.6 is 0 Å². The maximum Gasteiger partial charge on any atom is 0.193 e. The van der Waals surface area contributed by atoms with Crippen LogP contribution in [0.3, 0.4) is 0 Å². The first kappa shape index (κ1) is 8.83. The molecule has 0 fully saturated rings. The first-order valence-electron chi connectivity index (χ1n) is 3.52. The number of anilines is 1. The van der Waals surface area contributed by atoms with E-state index in [-0.39, 0.29) is 0 Å². The highest BCUT2D eigenvalue weighted by Crippen LogP contribution is 2.11. The lowest BCUT2D eigenvalue weighted by Gasteiger charge is -1.96. The van der Waals surface area contributed by atoms with Gasteiger partial charge in [-0.1, -0.05) is 5.92 Å². The second kappa shape index (κ2) is 3.94. The predicted molar refractivity (Wildman–Crippen MR) is 48.5 cm³/mol. The molecule has 0 aliphatic rings. The average Bonchev–Trinajstić information content (AvgIpc) is 2.17. The normalized spacial score (nSPS) is 7.92. The molecule has 0 aliphatic carbocycles. The van der Waals surface area contributed by atoms with Gasteiger partial charge in [-0.3, -0.25) is 4.79 Å². The average molecular weight is 170 g/mol. The number of carbonyl (C=O) groups excluding carboxylic acids is 1. The molecule has 3 heteroatoms. The van der Waals surface area contributed by atoms with E-state index < -0.39 is 0 Å². The molecule has 0 heterocycles.